The number of nitrogens with zero attached hydrogens (tertiary/aromatic N) is 2. The van der Waals surface area contributed by atoms with Crippen molar-refractivity contribution in [2.75, 3.05) is 5.32 Å². The van der Waals surface area contributed by atoms with Gasteiger partial charge in [-0.05, 0) is 44.0 Å². The van der Waals surface area contributed by atoms with Crippen LogP contribution in [0.4, 0.5) is 5.69 Å². The van der Waals surface area contributed by atoms with Crippen LogP contribution < -0.4 is 10.7 Å². The molecule has 5 heteroatoms. The van der Waals surface area contributed by atoms with Crippen molar-refractivity contribution >= 4 is 11.6 Å². The molecule has 0 bridgehead atoms. The Kier molecular flexibility index (Phi) is 7.17. The van der Waals surface area contributed by atoms with Crippen molar-refractivity contribution < 1.29 is 4.79 Å². The second-order valence-corrected chi connectivity index (χ2v) is 7.57. The minimum absolute atomic E-state index is 0.137. The second kappa shape index (κ2) is 10.0. The summed E-state index contributed by atoms with van der Waals surface area (Å²) in [6.45, 7) is 6.76. The number of carbonyl (C=O) groups is 1. The van der Waals surface area contributed by atoms with E-state index in [4.69, 9.17) is 0 Å². The summed E-state index contributed by atoms with van der Waals surface area (Å²) < 4.78 is 2.06. The Hall–Kier alpha value is -3.21. The lowest BCUT2D eigenvalue weighted by Crippen LogP contribution is -2.27. The van der Waals surface area contributed by atoms with Gasteiger partial charge in [-0.1, -0.05) is 50.5 Å². The van der Waals surface area contributed by atoms with Gasteiger partial charge in [0, 0.05) is 30.2 Å². The highest BCUT2D eigenvalue weighted by molar-refractivity contribution is 6.08. The molecule has 30 heavy (non-hydrogen) atoms. The van der Waals surface area contributed by atoms with Crippen LogP contribution in [0, 0.1) is 13.8 Å². The van der Waals surface area contributed by atoms with Crippen LogP contribution in [-0.2, 0) is 6.54 Å². The van der Waals surface area contributed by atoms with E-state index in [2.05, 4.69) is 21.8 Å². The Morgan fingerprint density at radius 2 is 1.80 bits per heavy atom. The lowest BCUT2D eigenvalue weighted by Gasteiger charge is -2.20. The lowest BCUT2D eigenvalue weighted by atomic mass is 10.1. The number of nitrogens with one attached hydrogen (secondary N) is 1. The number of benzene rings is 1. The van der Waals surface area contributed by atoms with Gasteiger partial charge >= 0.3 is 0 Å². The first kappa shape index (κ1) is 21.5. The maximum absolute atomic E-state index is 13.3. The number of hydrogen-bond acceptors (Lipinski definition) is 3. The molecule has 2 heterocycles. The largest absolute Gasteiger partial charge is 0.343 e. The quantitative estimate of drug-likeness (QED) is 0.515. The van der Waals surface area contributed by atoms with Crippen molar-refractivity contribution in [1.82, 2.24) is 9.55 Å². The van der Waals surface area contributed by atoms with Crippen molar-refractivity contribution in [1.29, 1.82) is 0 Å². The zero-order valence-corrected chi connectivity index (χ0v) is 17.9. The molecule has 0 atom stereocenters. The molecule has 0 spiro atoms. The minimum Gasteiger partial charge on any atom is -0.343 e. The molecule has 0 unspecified atom stereocenters. The summed E-state index contributed by atoms with van der Waals surface area (Å²) in [5, 5.41) is 2.92. The number of unbranched alkanes of at least 4 members (excludes halogenated alkanes) is 3. The first-order chi connectivity index (χ1) is 14.5. The highest BCUT2D eigenvalue weighted by atomic mass is 16.2. The molecule has 0 aliphatic heterocycles. The first-order valence-electron chi connectivity index (χ1n) is 10.6. The lowest BCUT2D eigenvalue weighted by molar-refractivity contribution is 0.102. The molecule has 0 saturated carbocycles. The van der Waals surface area contributed by atoms with Gasteiger partial charge in [-0.15, -0.1) is 0 Å². The summed E-state index contributed by atoms with van der Waals surface area (Å²) >= 11 is 0. The van der Waals surface area contributed by atoms with Gasteiger partial charge in [0.2, 0.25) is 0 Å². The maximum Gasteiger partial charge on any atom is 0.261 e. The molecule has 5 nitrogen and oxygen atoms in total. The second-order valence-electron chi connectivity index (χ2n) is 7.57. The van der Waals surface area contributed by atoms with Crippen molar-refractivity contribution in [3.63, 3.8) is 0 Å². The Bertz CT molecular complexity index is 1070. The van der Waals surface area contributed by atoms with E-state index in [0.29, 0.717) is 17.1 Å². The van der Waals surface area contributed by atoms with E-state index in [1.807, 2.05) is 56.3 Å². The molecule has 156 valence electrons. The van der Waals surface area contributed by atoms with Crippen LogP contribution in [0.1, 0.15) is 54.2 Å². The molecular formula is C25H29N3O2. The number of anilines is 1. The Balaban J connectivity index is 2.10. The standard InChI is InChI=1S/C25H29N3O2/c1-4-5-6-11-16-28-19(3)17-22(29)23(24(28)21-14-9-10-15-26-21)25(30)27-20-13-8-7-12-18(20)2/h7-10,12-15,17H,4-6,11,16H2,1-3H3,(H,27,30). The van der Waals surface area contributed by atoms with Gasteiger partial charge in [0.05, 0.1) is 11.4 Å². The molecule has 3 rings (SSSR count). The zero-order chi connectivity index (χ0) is 21.5. The monoisotopic (exact) mass is 403 g/mol. The molecule has 3 aromatic rings. The Labute approximate surface area is 177 Å². The summed E-state index contributed by atoms with van der Waals surface area (Å²) in [6.07, 6.45) is 6.09. The van der Waals surface area contributed by atoms with Crippen LogP contribution in [0.3, 0.4) is 0 Å². The number of aryl methyl sites for hydroxylation is 2. The van der Waals surface area contributed by atoms with Crippen molar-refractivity contribution in [3.05, 3.63) is 81.8 Å². The van der Waals surface area contributed by atoms with E-state index in [9.17, 15) is 9.59 Å². The molecule has 0 aliphatic carbocycles. The van der Waals surface area contributed by atoms with Gasteiger partial charge in [0.15, 0.2) is 5.43 Å². The summed E-state index contributed by atoms with van der Waals surface area (Å²) in [5.41, 5.74) is 3.54. The van der Waals surface area contributed by atoms with Gasteiger partial charge in [-0.3, -0.25) is 14.6 Å². The molecule has 0 fully saturated rings. The summed E-state index contributed by atoms with van der Waals surface area (Å²) in [6, 6.07) is 14.7. The third-order valence-electron chi connectivity index (χ3n) is 5.28. The third kappa shape index (κ3) is 4.85. The van der Waals surface area contributed by atoms with E-state index in [0.717, 1.165) is 37.1 Å². The summed E-state index contributed by atoms with van der Waals surface area (Å²) in [5.74, 6) is -0.405. The minimum atomic E-state index is -0.405. The molecule has 0 aliphatic rings. The fourth-order valence-electron chi connectivity index (χ4n) is 3.64. The van der Waals surface area contributed by atoms with Gasteiger partial charge in [-0.2, -0.15) is 0 Å². The number of carbonyl (C=O) groups excluding carboxylic acids is 1. The number of para-hydroxylation sites is 1. The maximum atomic E-state index is 13.3. The molecule has 1 N–H and O–H groups in total. The highest BCUT2D eigenvalue weighted by Crippen LogP contribution is 2.24. The molecule has 1 amide bonds. The fourth-order valence-corrected chi connectivity index (χ4v) is 3.64. The predicted octanol–water partition coefficient (Wildman–Crippen LogP) is 5.36. The Morgan fingerprint density at radius 3 is 2.50 bits per heavy atom. The van der Waals surface area contributed by atoms with Gasteiger partial charge in [-0.25, -0.2) is 0 Å². The first-order valence-corrected chi connectivity index (χ1v) is 10.6. The van der Waals surface area contributed by atoms with Gasteiger partial charge < -0.3 is 9.88 Å². The average molecular weight is 404 g/mol. The van der Waals surface area contributed by atoms with E-state index < -0.39 is 5.91 Å². The van der Waals surface area contributed by atoms with Crippen molar-refractivity contribution in [3.8, 4) is 11.4 Å². The number of hydrogen-bond donors (Lipinski definition) is 1. The molecule has 0 radical (unpaired) electrons. The zero-order valence-electron chi connectivity index (χ0n) is 17.9. The number of aromatic nitrogens is 2. The van der Waals surface area contributed by atoms with Crippen LogP contribution in [0.2, 0.25) is 0 Å². The number of amides is 1. The van der Waals surface area contributed by atoms with Crippen LogP contribution in [0.15, 0.2) is 59.5 Å². The SMILES string of the molecule is CCCCCCn1c(C)cc(=O)c(C(=O)Nc2ccccc2C)c1-c1ccccn1. The van der Waals surface area contributed by atoms with Crippen LogP contribution in [0.25, 0.3) is 11.4 Å². The number of pyridine rings is 2. The van der Waals surface area contributed by atoms with E-state index >= 15 is 0 Å². The van der Waals surface area contributed by atoms with Crippen molar-refractivity contribution in [2.24, 2.45) is 0 Å². The normalized spacial score (nSPS) is 10.8. The molecule has 1 aromatic carbocycles. The fraction of sp³-hybridized carbons (Fsp3) is 0.320. The predicted molar refractivity (Wildman–Crippen MR) is 122 cm³/mol. The van der Waals surface area contributed by atoms with Gasteiger partial charge in [0.1, 0.15) is 5.56 Å². The van der Waals surface area contributed by atoms with Crippen LogP contribution in [-0.4, -0.2) is 15.5 Å². The van der Waals surface area contributed by atoms with E-state index in [-0.39, 0.29) is 11.0 Å². The van der Waals surface area contributed by atoms with Crippen LogP contribution in [0.5, 0.6) is 0 Å². The summed E-state index contributed by atoms with van der Waals surface area (Å²) in [7, 11) is 0. The molecular weight excluding hydrogens is 374 g/mol. The van der Waals surface area contributed by atoms with E-state index in [1.54, 1.807) is 12.3 Å². The van der Waals surface area contributed by atoms with E-state index in [1.165, 1.54) is 6.42 Å². The van der Waals surface area contributed by atoms with Crippen molar-refractivity contribution in [2.45, 2.75) is 53.0 Å². The molecule has 2 aromatic heterocycles. The summed E-state index contributed by atoms with van der Waals surface area (Å²) in [4.78, 5) is 30.7. The number of rotatable bonds is 8. The van der Waals surface area contributed by atoms with Gasteiger partial charge in [0.25, 0.3) is 5.91 Å². The Morgan fingerprint density at radius 1 is 1.03 bits per heavy atom. The third-order valence-corrected chi connectivity index (χ3v) is 5.28. The molecule has 0 saturated heterocycles. The average Bonchev–Trinajstić information content (AvgIpc) is 2.74. The highest BCUT2D eigenvalue weighted by Gasteiger charge is 2.22. The smallest absolute Gasteiger partial charge is 0.261 e. The van der Waals surface area contributed by atoms with Crippen LogP contribution >= 0.6 is 0 Å². The topological polar surface area (TPSA) is 64.0 Å².